The molecular formula is C14H10O5. The summed E-state index contributed by atoms with van der Waals surface area (Å²) >= 11 is 0. The number of cyclic esters (lactones) is 1. The number of ether oxygens (including phenoxy) is 1. The number of aliphatic hydroxyl groups is 1. The third-order valence-corrected chi connectivity index (χ3v) is 3.34. The lowest BCUT2D eigenvalue weighted by atomic mass is 9.79. The molecule has 1 N–H and O–H groups in total. The molecule has 0 saturated carbocycles. The van der Waals surface area contributed by atoms with Crippen LogP contribution in [0, 0.1) is 0 Å². The Hall–Kier alpha value is -2.27. The largest absolute Gasteiger partial charge is 0.455 e. The Morgan fingerprint density at radius 3 is 2.37 bits per heavy atom. The van der Waals surface area contributed by atoms with Crippen molar-refractivity contribution in [1.29, 1.82) is 0 Å². The van der Waals surface area contributed by atoms with Gasteiger partial charge in [-0.1, -0.05) is 24.3 Å². The van der Waals surface area contributed by atoms with Gasteiger partial charge in [0.1, 0.15) is 0 Å². The summed E-state index contributed by atoms with van der Waals surface area (Å²) in [6, 6.07) is 6.45. The lowest BCUT2D eigenvalue weighted by Crippen LogP contribution is -2.38. The van der Waals surface area contributed by atoms with Crippen LogP contribution in [0.25, 0.3) is 0 Å². The van der Waals surface area contributed by atoms with Crippen LogP contribution in [0.2, 0.25) is 0 Å². The van der Waals surface area contributed by atoms with Gasteiger partial charge in [0.05, 0.1) is 18.6 Å². The van der Waals surface area contributed by atoms with E-state index in [9.17, 15) is 19.5 Å². The molecule has 1 unspecified atom stereocenters. The second kappa shape index (κ2) is 4.13. The van der Waals surface area contributed by atoms with Crippen molar-refractivity contribution in [2.45, 2.75) is 12.5 Å². The minimum Gasteiger partial charge on any atom is -0.455 e. The van der Waals surface area contributed by atoms with Gasteiger partial charge in [-0.2, -0.15) is 0 Å². The summed E-state index contributed by atoms with van der Waals surface area (Å²) in [5.41, 5.74) is 0.866. The van der Waals surface area contributed by atoms with Gasteiger partial charge in [0.2, 0.25) is 0 Å². The second-order valence-corrected chi connectivity index (χ2v) is 4.43. The van der Waals surface area contributed by atoms with Crippen molar-refractivity contribution in [2.24, 2.45) is 0 Å². The first kappa shape index (κ1) is 11.8. The van der Waals surface area contributed by atoms with Crippen molar-refractivity contribution in [3.05, 3.63) is 46.5 Å². The van der Waals surface area contributed by atoms with Crippen LogP contribution >= 0.6 is 0 Å². The molecule has 1 aliphatic carbocycles. The average Bonchev–Trinajstić information content (AvgIpc) is 2.43. The smallest absolute Gasteiger partial charge is 0.311 e. The molecule has 5 nitrogen and oxygen atoms in total. The van der Waals surface area contributed by atoms with Crippen LogP contribution in [0.5, 0.6) is 0 Å². The van der Waals surface area contributed by atoms with E-state index in [1.165, 1.54) is 0 Å². The molecule has 0 radical (unpaired) electrons. The van der Waals surface area contributed by atoms with Gasteiger partial charge in [0, 0.05) is 16.7 Å². The molecule has 1 aromatic rings. The maximum atomic E-state index is 12.4. The van der Waals surface area contributed by atoms with E-state index in [1.807, 2.05) is 0 Å². The predicted octanol–water partition coefficient (Wildman–Crippen LogP) is 0.670. The van der Waals surface area contributed by atoms with Crippen molar-refractivity contribution in [3.63, 3.8) is 0 Å². The molecule has 1 aliphatic heterocycles. The van der Waals surface area contributed by atoms with Crippen molar-refractivity contribution in [2.75, 3.05) is 6.61 Å². The summed E-state index contributed by atoms with van der Waals surface area (Å²) in [6.45, 7) is -0.508. The van der Waals surface area contributed by atoms with Gasteiger partial charge < -0.3 is 9.84 Å². The summed E-state index contributed by atoms with van der Waals surface area (Å²) in [6.07, 6.45) is -1.26. The van der Waals surface area contributed by atoms with E-state index < -0.39 is 18.7 Å². The molecule has 5 heteroatoms. The zero-order valence-electron chi connectivity index (χ0n) is 9.88. The van der Waals surface area contributed by atoms with Gasteiger partial charge in [-0.25, -0.2) is 0 Å². The Balaban J connectivity index is 2.21. The molecular weight excluding hydrogens is 248 g/mol. The van der Waals surface area contributed by atoms with Gasteiger partial charge in [0.25, 0.3) is 0 Å². The molecule has 2 aliphatic rings. The summed E-state index contributed by atoms with van der Waals surface area (Å²) in [4.78, 5) is 36.1. The number of carbonyl (C=O) groups is 3. The highest BCUT2D eigenvalue weighted by atomic mass is 16.6. The van der Waals surface area contributed by atoms with Crippen LogP contribution in [-0.2, 0) is 9.53 Å². The Morgan fingerprint density at radius 2 is 1.74 bits per heavy atom. The van der Waals surface area contributed by atoms with E-state index in [2.05, 4.69) is 0 Å². The maximum absolute atomic E-state index is 12.4. The minimum absolute atomic E-state index is 0.116. The number of rotatable bonds is 1. The summed E-state index contributed by atoms with van der Waals surface area (Å²) in [5, 5.41) is 9.22. The fraction of sp³-hybridized carbons (Fsp3) is 0.214. The maximum Gasteiger partial charge on any atom is 0.311 e. The quantitative estimate of drug-likeness (QED) is 0.749. The molecule has 19 heavy (non-hydrogen) atoms. The highest BCUT2D eigenvalue weighted by Gasteiger charge is 2.41. The van der Waals surface area contributed by atoms with E-state index in [0.717, 1.165) is 0 Å². The van der Waals surface area contributed by atoms with Crippen LogP contribution in [0.4, 0.5) is 0 Å². The number of fused-ring (bicyclic) bond motifs is 1. The zero-order chi connectivity index (χ0) is 13.6. The Morgan fingerprint density at radius 1 is 1.11 bits per heavy atom. The van der Waals surface area contributed by atoms with Crippen molar-refractivity contribution >= 4 is 17.5 Å². The number of aliphatic hydroxyl groups excluding tert-OH is 1. The van der Waals surface area contributed by atoms with Crippen LogP contribution in [0.1, 0.15) is 27.1 Å². The first-order chi connectivity index (χ1) is 9.13. The molecule has 0 bridgehead atoms. The molecule has 0 aromatic heterocycles. The number of carbonyl (C=O) groups excluding carboxylic acids is 3. The lowest BCUT2D eigenvalue weighted by Gasteiger charge is -2.29. The molecule has 0 fully saturated rings. The van der Waals surface area contributed by atoms with Crippen LogP contribution in [0.15, 0.2) is 35.4 Å². The molecule has 0 saturated heterocycles. The molecule has 0 amide bonds. The van der Waals surface area contributed by atoms with E-state index in [4.69, 9.17) is 4.74 Å². The third kappa shape index (κ3) is 1.62. The van der Waals surface area contributed by atoms with Gasteiger partial charge in [-0.05, 0) is 0 Å². The van der Waals surface area contributed by atoms with Crippen molar-refractivity contribution < 1.29 is 24.2 Å². The normalized spacial score (nSPS) is 21.9. The number of esters is 1. The summed E-state index contributed by atoms with van der Waals surface area (Å²) < 4.78 is 4.92. The van der Waals surface area contributed by atoms with Crippen LogP contribution < -0.4 is 0 Å². The topological polar surface area (TPSA) is 80.7 Å². The molecule has 0 spiro atoms. The molecule has 1 heterocycles. The third-order valence-electron chi connectivity index (χ3n) is 3.34. The SMILES string of the molecule is O=C1CC2=C(C(=O)c3ccccc3C2=O)C(CO)O1. The van der Waals surface area contributed by atoms with Crippen molar-refractivity contribution in [1.82, 2.24) is 0 Å². The second-order valence-electron chi connectivity index (χ2n) is 4.43. The zero-order valence-corrected chi connectivity index (χ0v) is 9.88. The van der Waals surface area contributed by atoms with E-state index >= 15 is 0 Å². The van der Waals surface area contributed by atoms with Gasteiger partial charge >= 0.3 is 5.97 Å². The standard InChI is InChI=1S/C14H10O5/c15-6-10-12-9(5-11(16)19-10)13(17)7-3-1-2-4-8(7)14(12)18/h1-4,10,15H,5-6H2. The molecule has 3 rings (SSSR count). The van der Waals surface area contributed by atoms with Gasteiger partial charge in [-0.15, -0.1) is 0 Å². The first-order valence-electron chi connectivity index (χ1n) is 5.85. The number of hydrogen-bond acceptors (Lipinski definition) is 5. The highest BCUT2D eigenvalue weighted by molar-refractivity contribution is 6.28. The van der Waals surface area contributed by atoms with E-state index in [-0.39, 0.29) is 29.1 Å². The summed E-state index contributed by atoms with van der Waals surface area (Å²) in [5.74, 6) is -1.28. The molecule has 96 valence electrons. The minimum atomic E-state index is -1.04. The highest BCUT2D eigenvalue weighted by Crippen LogP contribution is 2.33. The van der Waals surface area contributed by atoms with Crippen LogP contribution in [-0.4, -0.2) is 35.4 Å². The molecule has 1 aromatic carbocycles. The Labute approximate surface area is 108 Å². The number of hydrogen-bond donors (Lipinski definition) is 1. The monoisotopic (exact) mass is 258 g/mol. The number of benzene rings is 1. The van der Waals surface area contributed by atoms with Gasteiger partial charge in [0.15, 0.2) is 17.7 Å². The number of Topliss-reactive ketones (excluding diaryl/α,β-unsaturated/α-hetero) is 2. The average molecular weight is 258 g/mol. The van der Waals surface area contributed by atoms with E-state index in [1.54, 1.807) is 24.3 Å². The lowest BCUT2D eigenvalue weighted by molar-refractivity contribution is -0.149. The first-order valence-corrected chi connectivity index (χ1v) is 5.85. The molecule has 1 atom stereocenters. The Kier molecular flexibility index (Phi) is 2.57. The number of ketones is 2. The fourth-order valence-electron chi connectivity index (χ4n) is 2.49. The van der Waals surface area contributed by atoms with Gasteiger partial charge in [-0.3, -0.25) is 14.4 Å². The summed E-state index contributed by atoms with van der Waals surface area (Å²) in [7, 11) is 0. The predicted molar refractivity (Wildman–Crippen MR) is 63.7 cm³/mol. The van der Waals surface area contributed by atoms with Crippen LogP contribution in [0.3, 0.4) is 0 Å². The van der Waals surface area contributed by atoms with Crippen molar-refractivity contribution in [3.8, 4) is 0 Å². The Bertz CT molecular complexity index is 641. The fourth-order valence-corrected chi connectivity index (χ4v) is 2.49. The van der Waals surface area contributed by atoms with E-state index in [0.29, 0.717) is 11.1 Å².